The van der Waals surface area contributed by atoms with Crippen molar-refractivity contribution in [1.82, 2.24) is 14.9 Å². The Balaban J connectivity index is 1.69. The van der Waals surface area contributed by atoms with Gasteiger partial charge in [-0.2, -0.15) is 0 Å². The van der Waals surface area contributed by atoms with E-state index >= 15 is 0 Å². The predicted octanol–water partition coefficient (Wildman–Crippen LogP) is 1.07. The van der Waals surface area contributed by atoms with Crippen LogP contribution in [0.1, 0.15) is 34.8 Å². The van der Waals surface area contributed by atoms with E-state index in [9.17, 15) is 4.79 Å². The van der Waals surface area contributed by atoms with Gasteiger partial charge >= 0.3 is 0 Å². The molecule has 3 heterocycles. The van der Waals surface area contributed by atoms with Gasteiger partial charge in [0.2, 0.25) is 0 Å². The van der Waals surface area contributed by atoms with Crippen LogP contribution in [0.25, 0.3) is 0 Å². The van der Waals surface area contributed by atoms with Crippen molar-refractivity contribution in [3.63, 3.8) is 0 Å². The molecule has 20 heavy (non-hydrogen) atoms. The molecule has 1 spiro atoms. The molecule has 0 N–H and O–H groups in total. The Bertz CT molecular complexity index is 496. The molecule has 2 aliphatic heterocycles. The second-order valence-electron chi connectivity index (χ2n) is 5.34. The van der Waals surface area contributed by atoms with Gasteiger partial charge in [0.05, 0.1) is 13.2 Å². The Labute approximate surface area is 118 Å². The fourth-order valence-electron chi connectivity index (χ4n) is 2.82. The largest absolute Gasteiger partial charge is 0.347 e. The maximum Gasteiger partial charge on any atom is 0.272 e. The third kappa shape index (κ3) is 2.53. The SMILES string of the molecule is Cc1cc(C(=O)N2CCC3(CC2)OCCO3)nc(C)n1. The van der Waals surface area contributed by atoms with Crippen LogP contribution >= 0.6 is 0 Å². The molecule has 0 aliphatic carbocycles. The quantitative estimate of drug-likeness (QED) is 0.768. The monoisotopic (exact) mass is 277 g/mol. The van der Waals surface area contributed by atoms with Gasteiger partial charge in [0.15, 0.2) is 5.79 Å². The van der Waals surface area contributed by atoms with E-state index in [1.165, 1.54) is 0 Å². The van der Waals surface area contributed by atoms with Crippen LogP contribution < -0.4 is 0 Å². The van der Waals surface area contributed by atoms with Gasteiger partial charge in [-0.25, -0.2) is 9.97 Å². The zero-order chi connectivity index (χ0) is 14.2. The molecule has 0 saturated carbocycles. The first kappa shape index (κ1) is 13.5. The third-order valence-corrected chi connectivity index (χ3v) is 3.81. The van der Waals surface area contributed by atoms with Crippen molar-refractivity contribution in [1.29, 1.82) is 0 Å². The van der Waals surface area contributed by atoms with Crippen molar-refractivity contribution in [2.75, 3.05) is 26.3 Å². The molecule has 108 valence electrons. The summed E-state index contributed by atoms with van der Waals surface area (Å²) < 4.78 is 11.3. The lowest BCUT2D eigenvalue weighted by Gasteiger charge is -2.37. The van der Waals surface area contributed by atoms with Crippen molar-refractivity contribution in [2.45, 2.75) is 32.5 Å². The number of likely N-dealkylation sites (tertiary alicyclic amines) is 1. The number of hydrogen-bond acceptors (Lipinski definition) is 5. The third-order valence-electron chi connectivity index (χ3n) is 3.81. The lowest BCUT2D eigenvalue weighted by Crippen LogP contribution is -2.47. The summed E-state index contributed by atoms with van der Waals surface area (Å²) in [5.41, 5.74) is 1.29. The lowest BCUT2D eigenvalue weighted by molar-refractivity contribution is -0.181. The van der Waals surface area contributed by atoms with E-state index in [0.29, 0.717) is 37.8 Å². The summed E-state index contributed by atoms with van der Waals surface area (Å²) in [6, 6.07) is 1.74. The molecule has 2 fully saturated rings. The number of nitrogens with zero attached hydrogens (tertiary/aromatic N) is 3. The minimum Gasteiger partial charge on any atom is -0.347 e. The lowest BCUT2D eigenvalue weighted by atomic mass is 10.0. The second-order valence-corrected chi connectivity index (χ2v) is 5.34. The van der Waals surface area contributed by atoms with E-state index in [-0.39, 0.29) is 5.91 Å². The Hall–Kier alpha value is -1.53. The van der Waals surface area contributed by atoms with Gasteiger partial charge in [-0.3, -0.25) is 4.79 Å². The molecule has 0 aromatic carbocycles. The van der Waals surface area contributed by atoms with Crippen molar-refractivity contribution < 1.29 is 14.3 Å². The zero-order valence-electron chi connectivity index (χ0n) is 11.9. The van der Waals surface area contributed by atoms with Gasteiger partial charge in [-0.05, 0) is 19.9 Å². The molecular weight excluding hydrogens is 258 g/mol. The Morgan fingerprint density at radius 3 is 2.45 bits per heavy atom. The van der Waals surface area contributed by atoms with Crippen molar-refractivity contribution in [2.24, 2.45) is 0 Å². The number of aromatic nitrogens is 2. The highest BCUT2D eigenvalue weighted by Gasteiger charge is 2.41. The van der Waals surface area contributed by atoms with Crippen LogP contribution in [-0.2, 0) is 9.47 Å². The Morgan fingerprint density at radius 1 is 1.20 bits per heavy atom. The molecule has 1 aromatic rings. The fourth-order valence-corrected chi connectivity index (χ4v) is 2.82. The van der Waals surface area contributed by atoms with Gasteiger partial charge in [0.1, 0.15) is 11.5 Å². The van der Waals surface area contributed by atoms with Crippen LogP contribution in [0.15, 0.2) is 6.07 Å². The molecule has 2 aliphatic rings. The average molecular weight is 277 g/mol. The maximum absolute atomic E-state index is 12.5. The molecule has 1 aromatic heterocycles. The molecule has 1 amide bonds. The van der Waals surface area contributed by atoms with Crippen LogP contribution in [0.3, 0.4) is 0 Å². The average Bonchev–Trinajstić information content (AvgIpc) is 2.86. The Kier molecular flexibility index (Phi) is 3.43. The molecule has 3 rings (SSSR count). The van der Waals surface area contributed by atoms with Crippen LogP contribution in [0.4, 0.5) is 0 Å². The zero-order valence-corrected chi connectivity index (χ0v) is 11.9. The Morgan fingerprint density at radius 2 is 1.85 bits per heavy atom. The number of rotatable bonds is 1. The van der Waals surface area contributed by atoms with E-state index in [1.807, 2.05) is 11.8 Å². The standard InChI is InChI=1S/C14H19N3O3/c1-10-9-12(16-11(2)15-10)13(18)17-5-3-14(4-6-17)19-7-8-20-14/h9H,3-8H2,1-2H3. The second kappa shape index (κ2) is 5.10. The van der Waals surface area contributed by atoms with Crippen LogP contribution in [0.5, 0.6) is 0 Å². The van der Waals surface area contributed by atoms with Crippen molar-refractivity contribution in [3.05, 3.63) is 23.3 Å². The van der Waals surface area contributed by atoms with Gasteiger partial charge in [0.25, 0.3) is 5.91 Å². The molecule has 0 atom stereocenters. The minimum atomic E-state index is -0.450. The summed E-state index contributed by atoms with van der Waals surface area (Å²) in [7, 11) is 0. The maximum atomic E-state index is 12.5. The number of carbonyl (C=O) groups is 1. The summed E-state index contributed by atoms with van der Waals surface area (Å²) in [6.07, 6.45) is 1.45. The van der Waals surface area contributed by atoms with E-state index in [1.54, 1.807) is 13.0 Å². The smallest absolute Gasteiger partial charge is 0.272 e. The topological polar surface area (TPSA) is 64.6 Å². The highest BCUT2D eigenvalue weighted by atomic mass is 16.7. The molecule has 6 nitrogen and oxygen atoms in total. The number of amides is 1. The van der Waals surface area contributed by atoms with Crippen LogP contribution in [-0.4, -0.2) is 52.9 Å². The fraction of sp³-hybridized carbons (Fsp3) is 0.643. The highest BCUT2D eigenvalue weighted by molar-refractivity contribution is 5.92. The van der Waals surface area contributed by atoms with E-state index in [2.05, 4.69) is 9.97 Å². The van der Waals surface area contributed by atoms with Gasteiger partial charge in [-0.15, -0.1) is 0 Å². The van der Waals surface area contributed by atoms with E-state index in [0.717, 1.165) is 18.5 Å². The molecule has 6 heteroatoms. The summed E-state index contributed by atoms with van der Waals surface area (Å²) in [6.45, 7) is 6.25. The first-order valence-corrected chi connectivity index (χ1v) is 6.97. The van der Waals surface area contributed by atoms with Gasteiger partial charge in [-0.1, -0.05) is 0 Å². The number of aryl methyl sites for hydroxylation is 2. The summed E-state index contributed by atoms with van der Waals surface area (Å²) >= 11 is 0. The first-order valence-electron chi connectivity index (χ1n) is 6.97. The molecule has 0 unspecified atom stereocenters. The molecular formula is C14H19N3O3. The number of piperidine rings is 1. The van der Waals surface area contributed by atoms with E-state index < -0.39 is 5.79 Å². The highest BCUT2D eigenvalue weighted by Crippen LogP contribution is 2.31. The number of hydrogen-bond donors (Lipinski definition) is 0. The van der Waals surface area contributed by atoms with E-state index in [4.69, 9.17) is 9.47 Å². The van der Waals surface area contributed by atoms with Crippen molar-refractivity contribution in [3.8, 4) is 0 Å². The molecule has 0 bridgehead atoms. The molecule has 2 saturated heterocycles. The van der Waals surface area contributed by atoms with Gasteiger partial charge < -0.3 is 14.4 Å². The molecule has 0 radical (unpaired) electrons. The summed E-state index contributed by atoms with van der Waals surface area (Å²) in [5.74, 6) is 0.143. The first-order chi connectivity index (χ1) is 9.58. The number of carbonyl (C=O) groups excluding carboxylic acids is 1. The van der Waals surface area contributed by atoms with Crippen molar-refractivity contribution >= 4 is 5.91 Å². The minimum absolute atomic E-state index is 0.0357. The predicted molar refractivity (Wildman–Crippen MR) is 71.3 cm³/mol. The summed E-state index contributed by atoms with van der Waals surface area (Å²) in [4.78, 5) is 22.7. The summed E-state index contributed by atoms with van der Waals surface area (Å²) in [5, 5.41) is 0. The normalized spacial score (nSPS) is 21.4. The van der Waals surface area contributed by atoms with Crippen LogP contribution in [0.2, 0.25) is 0 Å². The van der Waals surface area contributed by atoms with Crippen LogP contribution in [0, 0.1) is 13.8 Å². The van der Waals surface area contributed by atoms with Gasteiger partial charge in [0, 0.05) is 31.6 Å². The number of ether oxygens (including phenoxy) is 2.